The van der Waals surface area contributed by atoms with Crippen molar-refractivity contribution in [3.8, 4) is 0 Å². The maximum Gasteiger partial charge on any atom is 0.165 e. The minimum atomic E-state index is 0.933. The van der Waals surface area contributed by atoms with Crippen molar-refractivity contribution in [1.29, 1.82) is 0 Å². The Morgan fingerprint density at radius 1 is 0.633 bits per heavy atom. The summed E-state index contributed by atoms with van der Waals surface area (Å²) < 4.78 is 4.96. The maximum absolute atomic E-state index is 5.06. The Morgan fingerprint density at radius 2 is 1.37 bits per heavy atom. The molecule has 138 valence electrons. The van der Waals surface area contributed by atoms with Gasteiger partial charge >= 0.3 is 0 Å². The molecule has 0 radical (unpaired) electrons. The second-order valence-electron chi connectivity index (χ2n) is 7.86. The fourth-order valence-electron chi connectivity index (χ4n) is 5.10. The van der Waals surface area contributed by atoms with E-state index in [2.05, 4.69) is 59.0 Å². The van der Waals surface area contributed by atoms with Crippen molar-refractivity contribution >= 4 is 80.9 Å². The first-order valence-electron chi connectivity index (χ1n) is 10.0. The van der Waals surface area contributed by atoms with E-state index in [0.717, 1.165) is 22.2 Å². The van der Waals surface area contributed by atoms with Gasteiger partial charge < -0.3 is 0 Å². The van der Waals surface area contributed by atoms with Crippen LogP contribution in [0.15, 0.2) is 78.9 Å². The van der Waals surface area contributed by atoms with E-state index in [-0.39, 0.29) is 0 Å². The van der Waals surface area contributed by atoms with E-state index in [0.29, 0.717) is 0 Å². The average molecular weight is 399 g/mol. The molecule has 4 heteroatoms. The molecule has 0 bridgehead atoms. The van der Waals surface area contributed by atoms with Gasteiger partial charge in [0.25, 0.3) is 0 Å². The van der Waals surface area contributed by atoms with Crippen LogP contribution in [0.1, 0.15) is 0 Å². The van der Waals surface area contributed by atoms with Crippen LogP contribution >= 0.6 is 11.3 Å². The van der Waals surface area contributed by atoms with Crippen molar-refractivity contribution in [3.63, 3.8) is 0 Å². The summed E-state index contributed by atoms with van der Waals surface area (Å²) in [5, 5.41) is 6.46. The Bertz CT molecular complexity index is 1950. The first-order chi connectivity index (χ1) is 14.9. The van der Waals surface area contributed by atoms with Crippen LogP contribution in [-0.4, -0.2) is 14.4 Å². The van der Waals surface area contributed by atoms with E-state index in [1.54, 1.807) is 0 Å². The van der Waals surface area contributed by atoms with E-state index in [1.165, 1.54) is 47.4 Å². The minimum Gasteiger partial charge on any atom is -0.291 e. The normalized spacial score (nSPS) is 12.7. The summed E-state index contributed by atoms with van der Waals surface area (Å²) >= 11 is 1.86. The van der Waals surface area contributed by atoms with Gasteiger partial charge in [0.05, 0.1) is 22.1 Å². The highest BCUT2D eigenvalue weighted by atomic mass is 32.1. The van der Waals surface area contributed by atoms with Crippen LogP contribution in [-0.2, 0) is 0 Å². The van der Waals surface area contributed by atoms with Gasteiger partial charge in [-0.2, -0.15) is 0 Å². The van der Waals surface area contributed by atoms with E-state index in [4.69, 9.17) is 9.97 Å². The molecule has 0 N–H and O–H groups in total. The third kappa shape index (κ3) is 1.64. The smallest absolute Gasteiger partial charge is 0.165 e. The highest BCUT2D eigenvalue weighted by Gasteiger charge is 2.23. The standard InChI is InChI=1S/C26H13N3S/c1-5-11-19-14(7-1)23-22-15-8-2-6-12-20(15)30-21(22)13-16-24-26(29(19)25(16)23)28-18-10-4-3-9-17(18)27-24/h1-13H. The summed E-state index contributed by atoms with van der Waals surface area (Å²) in [7, 11) is 0. The third-order valence-corrected chi connectivity index (χ3v) is 7.41. The topological polar surface area (TPSA) is 30.2 Å². The number of fused-ring (bicyclic) bond motifs is 11. The number of rotatable bonds is 0. The van der Waals surface area contributed by atoms with Crippen molar-refractivity contribution in [2.75, 3.05) is 0 Å². The summed E-state index contributed by atoms with van der Waals surface area (Å²) in [5.74, 6) is 0. The summed E-state index contributed by atoms with van der Waals surface area (Å²) in [5.41, 5.74) is 6.23. The first-order valence-corrected chi connectivity index (χ1v) is 10.8. The number of benzene rings is 4. The lowest BCUT2D eigenvalue weighted by Crippen LogP contribution is -1.88. The second kappa shape index (κ2) is 5.04. The lowest BCUT2D eigenvalue weighted by Gasteiger charge is -2.00. The highest BCUT2D eigenvalue weighted by Crippen LogP contribution is 2.46. The molecule has 0 spiro atoms. The van der Waals surface area contributed by atoms with Gasteiger partial charge in [0.2, 0.25) is 0 Å². The van der Waals surface area contributed by atoms with Gasteiger partial charge in [0.1, 0.15) is 5.52 Å². The molecule has 4 aromatic heterocycles. The lowest BCUT2D eigenvalue weighted by molar-refractivity contribution is 1.28. The van der Waals surface area contributed by atoms with Crippen LogP contribution < -0.4 is 0 Å². The van der Waals surface area contributed by atoms with Crippen molar-refractivity contribution in [2.45, 2.75) is 0 Å². The predicted octanol–water partition coefficient (Wildman–Crippen LogP) is 7.15. The average Bonchev–Trinajstić information content (AvgIpc) is 3.43. The number of nitrogens with zero attached hydrogens (tertiary/aromatic N) is 3. The van der Waals surface area contributed by atoms with Gasteiger partial charge in [0.15, 0.2) is 5.65 Å². The van der Waals surface area contributed by atoms with Crippen LogP contribution in [0, 0.1) is 0 Å². The number of hydrogen-bond acceptors (Lipinski definition) is 3. The van der Waals surface area contributed by atoms with Crippen LogP contribution in [0.4, 0.5) is 0 Å². The molecule has 0 saturated heterocycles. The molecule has 0 amide bonds. The fraction of sp³-hybridized carbons (Fsp3) is 0. The summed E-state index contributed by atoms with van der Waals surface area (Å²) in [6, 6.07) is 27.9. The molecule has 8 rings (SSSR count). The molecule has 0 aliphatic heterocycles. The zero-order valence-electron chi connectivity index (χ0n) is 15.8. The van der Waals surface area contributed by atoms with Gasteiger partial charge in [-0.25, -0.2) is 9.97 Å². The Labute approximate surface area is 174 Å². The summed E-state index contributed by atoms with van der Waals surface area (Å²) in [6.07, 6.45) is 0. The van der Waals surface area contributed by atoms with Gasteiger partial charge in [-0.05, 0) is 30.3 Å². The van der Waals surface area contributed by atoms with Crippen molar-refractivity contribution in [1.82, 2.24) is 14.4 Å². The summed E-state index contributed by atoms with van der Waals surface area (Å²) in [6.45, 7) is 0. The van der Waals surface area contributed by atoms with E-state index in [9.17, 15) is 0 Å². The maximum atomic E-state index is 5.06. The van der Waals surface area contributed by atoms with Crippen LogP contribution in [0.3, 0.4) is 0 Å². The Morgan fingerprint density at radius 3 is 2.27 bits per heavy atom. The van der Waals surface area contributed by atoms with Crippen LogP contribution in [0.2, 0.25) is 0 Å². The number of aromatic nitrogens is 3. The van der Waals surface area contributed by atoms with Crippen LogP contribution in [0.5, 0.6) is 0 Å². The molecule has 0 saturated carbocycles. The van der Waals surface area contributed by atoms with Gasteiger partial charge in [-0.1, -0.05) is 48.5 Å². The molecule has 0 atom stereocenters. The molecule has 0 unspecified atom stereocenters. The largest absolute Gasteiger partial charge is 0.291 e. The summed E-state index contributed by atoms with van der Waals surface area (Å²) in [4.78, 5) is 10.1. The predicted molar refractivity (Wildman–Crippen MR) is 127 cm³/mol. The molecule has 4 aromatic carbocycles. The van der Waals surface area contributed by atoms with Gasteiger partial charge in [-0.3, -0.25) is 4.40 Å². The lowest BCUT2D eigenvalue weighted by atomic mass is 10.0. The fourth-order valence-corrected chi connectivity index (χ4v) is 6.25. The Hall–Kier alpha value is -3.76. The molecular formula is C26H13N3S. The molecule has 0 fully saturated rings. The van der Waals surface area contributed by atoms with Gasteiger partial charge in [0, 0.05) is 36.3 Å². The van der Waals surface area contributed by atoms with E-state index < -0.39 is 0 Å². The minimum absolute atomic E-state index is 0.933. The van der Waals surface area contributed by atoms with Crippen molar-refractivity contribution < 1.29 is 0 Å². The van der Waals surface area contributed by atoms with E-state index >= 15 is 0 Å². The zero-order valence-corrected chi connectivity index (χ0v) is 16.6. The van der Waals surface area contributed by atoms with Crippen LogP contribution in [0.25, 0.3) is 69.6 Å². The monoisotopic (exact) mass is 399 g/mol. The highest BCUT2D eigenvalue weighted by molar-refractivity contribution is 7.26. The molecular weight excluding hydrogens is 386 g/mol. The SMILES string of the molecule is c1ccc2nc3c(nc2c1)c1cc2sc4ccccc4c2c2c4ccccc4n3c12. The molecule has 0 aliphatic rings. The molecule has 0 aliphatic carbocycles. The Kier molecular flexibility index (Phi) is 2.54. The second-order valence-corrected chi connectivity index (χ2v) is 8.94. The number of para-hydroxylation sites is 3. The zero-order chi connectivity index (χ0) is 19.4. The first kappa shape index (κ1) is 15.1. The van der Waals surface area contributed by atoms with Crippen molar-refractivity contribution in [2.24, 2.45) is 0 Å². The quantitative estimate of drug-likeness (QED) is 0.271. The molecule has 3 nitrogen and oxygen atoms in total. The molecule has 30 heavy (non-hydrogen) atoms. The number of hydrogen-bond donors (Lipinski definition) is 0. The number of thiophene rings is 1. The van der Waals surface area contributed by atoms with E-state index in [1.807, 2.05) is 35.6 Å². The third-order valence-electron chi connectivity index (χ3n) is 6.30. The van der Waals surface area contributed by atoms with Gasteiger partial charge in [-0.15, -0.1) is 11.3 Å². The molecule has 4 heterocycles. The van der Waals surface area contributed by atoms with Crippen molar-refractivity contribution in [3.05, 3.63) is 78.9 Å². The molecule has 8 aromatic rings. The Balaban J connectivity index is 1.79.